The Hall–Kier alpha value is -1.67. The molecule has 0 bridgehead atoms. The first-order valence-electron chi connectivity index (χ1n) is 7.87. The SMILES string of the molecule is O=C1OC2(CCNCC2)CN1Cc1noc([C@H]2CCCO2)n1. The molecule has 120 valence electrons. The van der Waals surface area contributed by atoms with Crippen LogP contribution in [0.1, 0.15) is 43.5 Å². The smallest absolute Gasteiger partial charge is 0.410 e. The molecule has 0 unspecified atom stereocenters. The van der Waals surface area contributed by atoms with Crippen molar-refractivity contribution in [2.45, 2.75) is 43.9 Å². The van der Waals surface area contributed by atoms with Crippen molar-refractivity contribution in [3.05, 3.63) is 11.7 Å². The number of nitrogens with one attached hydrogen (secondary N) is 1. The van der Waals surface area contributed by atoms with Crippen molar-refractivity contribution >= 4 is 6.09 Å². The molecule has 4 rings (SSSR count). The highest BCUT2D eigenvalue weighted by Gasteiger charge is 2.46. The van der Waals surface area contributed by atoms with Crippen LogP contribution in [0.4, 0.5) is 4.79 Å². The summed E-state index contributed by atoms with van der Waals surface area (Å²) in [5.74, 6) is 1.02. The van der Waals surface area contributed by atoms with E-state index in [2.05, 4.69) is 15.5 Å². The van der Waals surface area contributed by atoms with Crippen LogP contribution in [0.2, 0.25) is 0 Å². The van der Waals surface area contributed by atoms with Gasteiger partial charge in [-0.25, -0.2) is 4.79 Å². The normalized spacial score (nSPS) is 27.5. The van der Waals surface area contributed by atoms with E-state index in [0.29, 0.717) is 24.8 Å². The first-order valence-corrected chi connectivity index (χ1v) is 7.87. The number of hydrogen-bond donors (Lipinski definition) is 1. The summed E-state index contributed by atoms with van der Waals surface area (Å²) in [5.41, 5.74) is -0.344. The standard InChI is InChI=1S/C14H20N4O4/c19-13-18(9-14(21-13)3-5-15-6-4-14)8-11-16-12(22-17-11)10-2-1-7-20-10/h10,15H,1-9H2/t10-/m1/s1. The van der Waals surface area contributed by atoms with Crippen LogP contribution in [-0.4, -0.2) is 53.0 Å². The van der Waals surface area contributed by atoms with Gasteiger partial charge in [0.25, 0.3) is 5.89 Å². The zero-order valence-corrected chi connectivity index (χ0v) is 12.4. The zero-order chi connectivity index (χ0) is 15.0. The second-order valence-electron chi connectivity index (χ2n) is 6.21. The van der Waals surface area contributed by atoms with E-state index in [1.807, 2.05) is 0 Å². The van der Waals surface area contributed by atoms with E-state index in [1.54, 1.807) is 4.90 Å². The minimum atomic E-state index is -0.344. The Kier molecular flexibility index (Phi) is 3.50. The number of carbonyl (C=O) groups is 1. The van der Waals surface area contributed by atoms with Gasteiger partial charge in [-0.3, -0.25) is 4.90 Å². The van der Waals surface area contributed by atoms with Crippen molar-refractivity contribution in [1.82, 2.24) is 20.4 Å². The Bertz CT molecular complexity index is 549. The molecule has 3 aliphatic heterocycles. The molecule has 22 heavy (non-hydrogen) atoms. The van der Waals surface area contributed by atoms with Crippen molar-refractivity contribution in [2.75, 3.05) is 26.2 Å². The molecule has 1 aromatic heterocycles. The fourth-order valence-electron chi connectivity index (χ4n) is 3.36. The average Bonchev–Trinajstić information content (AvgIpc) is 3.22. The summed E-state index contributed by atoms with van der Waals surface area (Å²) < 4.78 is 16.4. The summed E-state index contributed by atoms with van der Waals surface area (Å²) in [7, 11) is 0. The quantitative estimate of drug-likeness (QED) is 0.890. The molecule has 4 heterocycles. The molecule has 1 amide bonds. The first-order chi connectivity index (χ1) is 10.7. The molecule has 3 aliphatic rings. The lowest BCUT2D eigenvalue weighted by Crippen LogP contribution is -2.44. The first kappa shape index (κ1) is 14.0. The Labute approximate surface area is 128 Å². The van der Waals surface area contributed by atoms with Crippen LogP contribution in [0.25, 0.3) is 0 Å². The molecule has 0 aromatic carbocycles. The van der Waals surface area contributed by atoms with Crippen molar-refractivity contribution < 1.29 is 18.8 Å². The highest BCUT2D eigenvalue weighted by atomic mass is 16.6. The predicted molar refractivity (Wildman–Crippen MR) is 74.0 cm³/mol. The second-order valence-corrected chi connectivity index (χ2v) is 6.21. The van der Waals surface area contributed by atoms with Crippen molar-refractivity contribution in [2.24, 2.45) is 0 Å². The molecule has 0 aliphatic carbocycles. The van der Waals surface area contributed by atoms with Crippen LogP contribution in [-0.2, 0) is 16.0 Å². The lowest BCUT2D eigenvalue weighted by atomic mass is 9.92. The number of piperidine rings is 1. The molecule has 1 aromatic rings. The van der Waals surface area contributed by atoms with E-state index in [-0.39, 0.29) is 17.8 Å². The number of ether oxygens (including phenoxy) is 2. The maximum absolute atomic E-state index is 12.1. The molecule has 1 spiro atoms. The highest BCUT2D eigenvalue weighted by Crippen LogP contribution is 2.32. The Morgan fingerprint density at radius 3 is 3.00 bits per heavy atom. The van der Waals surface area contributed by atoms with Crippen LogP contribution >= 0.6 is 0 Å². The van der Waals surface area contributed by atoms with Gasteiger partial charge in [-0.2, -0.15) is 4.98 Å². The average molecular weight is 308 g/mol. The van der Waals surface area contributed by atoms with Gasteiger partial charge in [0.15, 0.2) is 5.82 Å². The summed E-state index contributed by atoms with van der Waals surface area (Å²) in [6, 6.07) is 0. The molecular weight excluding hydrogens is 288 g/mol. The molecule has 1 N–H and O–H groups in total. The Morgan fingerprint density at radius 2 is 2.23 bits per heavy atom. The van der Waals surface area contributed by atoms with Crippen LogP contribution in [0, 0.1) is 0 Å². The number of rotatable bonds is 3. The zero-order valence-electron chi connectivity index (χ0n) is 12.4. The molecule has 1 atom stereocenters. The summed E-state index contributed by atoms with van der Waals surface area (Å²) in [5, 5.41) is 7.25. The fourth-order valence-corrected chi connectivity index (χ4v) is 3.36. The van der Waals surface area contributed by atoms with Crippen LogP contribution < -0.4 is 5.32 Å². The lowest BCUT2D eigenvalue weighted by Gasteiger charge is -2.31. The molecule has 8 nitrogen and oxygen atoms in total. The van der Waals surface area contributed by atoms with Gasteiger partial charge in [-0.05, 0) is 25.9 Å². The van der Waals surface area contributed by atoms with Crippen LogP contribution in [0.3, 0.4) is 0 Å². The molecule has 0 radical (unpaired) electrons. The van der Waals surface area contributed by atoms with Crippen LogP contribution in [0.15, 0.2) is 4.52 Å². The fraction of sp³-hybridized carbons (Fsp3) is 0.786. The van der Waals surface area contributed by atoms with Gasteiger partial charge in [-0.15, -0.1) is 0 Å². The topological polar surface area (TPSA) is 89.7 Å². The monoisotopic (exact) mass is 308 g/mol. The molecule has 3 fully saturated rings. The third-order valence-electron chi connectivity index (χ3n) is 4.58. The highest BCUT2D eigenvalue weighted by molar-refractivity contribution is 5.70. The van der Waals surface area contributed by atoms with E-state index in [0.717, 1.165) is 45.4 Å². The largest absolute Gasteiger partial charge is 0.441 e. The minimum absolute atomic E-state index is 0.0949. The van der Waals surface area contributed by atoms with Gasteiger partial charge >= 0.3 is 6.09 Å². The van der Waals surface area contributed by atoms with Crippen LogP contribution in [0.5, 0.6) is 0 Å². The lowest BCUT2D eigenvalue weighted by molar-refractivity contribution is 0.0316. The number of nitrogens with zero attached hydrogens (tertiary/aromatic N) is 3. The van der Waals surface area contributed by atoms with Gasteiger partial charge in [-0.1, -0.05) is 5.16 Å². The Morgan fingerprint density at radius 1 is 1.36 bits per heavy atom. The van der Waals surface area contributed by atoms with E-state index in [1.165, 1.54) is 0 Å². The van der Waals surface area contributed by atoms with E-state index in [9.17, 15) is 4.79 Å². The third-order valence-corrected chi connectivity index (χ3v) is 4.58. The van der Waals surface area contributed by atoms with Gasteiger partial charge in [0.2, 0.25) is 0 Å². The summed E-state index contributed by atoms with van der Waals surface area (Å²) >= 11 is 0. The van der Waals surface area contributed by atoms with E-state index < -0.39 is 0 Å². The van der Waals surface area contributed by atoms with Gasteiger partial charge < -0.3 is 19.3 Å². The number of aromatic nitrogens is 2. The van der Waals surface area contributed by atoms with E-state index in [4.69, 9.17) is 14.0 Å². The number of carbonyl (C=O) groups excluding carboxylic acids is 1. The molecule has 3 saturated heterocycles. The number of amides is 1. The Balaban J connectivity index is 1.41. The maximum atomic E-state index is 12.1. The summed E-state index contributed by atoms with van der Waals surface area (Å²) in [6.07, 6.45) is 3.24. The van der Waals surface area contributed by atoms with Crippen molar-refractivity contribution in [3.63, 3.8) is 0 Å². The van der Waals surface area contributed by atoms with Crippen molar-refractivity contribution in [1.29, 1.82) is 0 Å². The van der Waals surface area contributed by atoms with E-state index >= 15 is 0 Å². The van der Waals surface area contributed by atoms with Gasteiger partial charge in [0.1, 0.15) is 11.7 Å². The molecule has 8 heteroatoms. The van der Waals surface area contributed by atoms with Gasteiger partial charge in [0.05, 0.1) is 13.1 Å². The molecule has 0 saturated carbocycles. The molecular formula is C14H20N4O4. The maximum Gasteiger partial charge on any atom is 0.410 e. The second kappa shape index (κ2) is 5.51. The van der Waals surface area contributed by atoms with Crippen molar-refractivity contribution in [3.8, 4) is 0 Å². The summed E-state index contributed by atoms with van der Waals surface area (Å²) in [6.45, 7) is 3.41. The van der Waals surface area contributed by atoms with Gasteiger partial charge in [0, 0.05) is 19.4 Å². The third kappa shape index (κ3) is 2.56. The number of hydrogen-bond acceptors (Lipinski definition) is 7. The predicted octanol–water partition coefficient (Wildman–Crippen LogP) is 0.995. The summed E-state index contributed by atoms with van der Waals surface area (Å²) in [4.78, 5) is 18.1. The minimum Gasteiger partial charge on any atom is -0.441 e.